The van der Waals surface area contributed by atoms with Crippen LogP contribution in [-0.2, 0) is 4.79 Å². The number of hydrogen-bond donors (Lipinski definition) is 1. The van der Waals surface area contributed by atoms with Crippen LogP contribution in [0.25, 0.3) is 5.57 Å². The average molecular weight is 223 g/mol. The van der Waals surface area contributed by atoms with E-state index in [0.29, 0.717) is 21.4 Å². The van der Waals surface area contributed by atoms with Gasteiger partial charge in [-0.15, -0.1) is 0 Å². The van der Waals surface area contributed by atoms with E-state index in [1.807, 2.05) is 0 Å². The van der Waals surface area contributed by atoms with Crippen molar-refractivity contribution < 1.29 is 4.79 Å². The highest BCUT2D eigenvalue weighted by atomic mass is 35.5. The van der Waals surface area contributed by atoms with Crippen LogP contribution in [0, 0.1) is 0 Å². The molecule has 0 saturated carbocycles. The molecule has 0 spiro atoms. The van der Waals surface area contributed by atoms with Crippen molar-refractivity contribution in [1.82, 2.24) is 4.98 Å². The molecule has 1 aromatic heterocycles. The Morgan fingerprint density at radius 3 is 2.67 bits per heavy atom. The summed E-state index contributed by atoms with van der Waals surface area (Å²) in [5, 5.41) is 0.313. The summed E-state index contributed by atoms with van der Waals surface area (Å²) in [6.45, 7) is 0. The molecule has 0 aromatic carbocycles. The van der Waals surface area contributed by atoms with Crippen molar-refractivity contribution >= 4 is 51.5 Å². The first-order valence-electron chi connectivity index (χ1n) is 2.86. The van der Waals surface area contributed by atoms with Crippen LogP contribution < -0.4 is 5.73 Å². The fourth-order valence-electron chi connectivity index (χ4n) is 0.628. The molecule has 2 N–H and O–H groups in total. The average Bonchev–Trinajstić information content (AvgIpc) is 2.34. The second-order valence-corrected chi connectivity index (χ2v) is 3.71. The largest absolute Gasteiger partial charge is 0.375 e. The lowest BCUT2D eigenvalue weighted by atomic mass is 10.3. The first kappa shape index (κ1) is 9.51. The van der Waals surface area contributed by atoms with E-state index in [-0.39, 0.29) is 5.57 Å². The van der Waals surface area contributed by atoms with E-state index in [4.69, 9.17) is 28.9 Å². The van der Waals surface area contributed by atoms with Gasteiger partial charge in [0, 0.05) is 5.54 Å². The number of halogens is 2. The summed E-state index contributed by atoms with van der Waals surface area (Å²) in [6, 6.07) is 0. The maximum atomic E-state index is 10.4. The highest BCUT2D eigenvalue weighted by Crippen LogP contribution is 2.30. The second-order valence-electron chi connectivity index (χ2n) is 1.86. The van der Waals surface area contributed by atoms with E-state index in [0.717, 1.165) is 16.9 Å². The van der Waals surface area contributed by atoms with E-state index >= 15 is 0 Å². The van der Waals surface area contributed by atoms with E-state index < -0.39 is 0 Å². The lowest BCUT2D eigenvalue weighted by Crippen LogP contribution is -1.87. The van der Waals surface area contributed by atoms with Crippen molar-refractivity contribution in [2.75, 3.05) is 5.73 Å². The molecular formula is C6H4Cl2N2OS. The summed E-state index contributed by atoms with van der Waals surface area (Å²) in [6.07, 6.45) is 0.577. The summed E-state index contributed by atoms with van der Waals surface area (Å²) in [4.78, 5) is 14.2. The Balaban J connectivity index is 3.17. The smallest absolute Gasteiger partial charge is 0.182 e. The minimum Gasteiger partial charge on any atom is -0.375 e. The highest BCUT2D eigenvalue weighted by Gasteiger charge is 2.10. The van der Waals surface area contributed by atoms with Crippen molar-refractivity contribution in [1.29, 1.82) is 0 Å². The number of thiazole rings is 1. The Hall–Kier alpha value is -0.580. The molecule has 0 amide bonds. The normalized spacial score (nSPS) is 11.7. The molecule has 0 aliphatic rings. The van der Waals surface area contributed by atoms with Crippen molar-refractivity contribution in [2.45, 2.75) is 0 Å². The highest BCUT2D eigenvalue weighted by molar-refractivity contribution is 7.19. The minimum atomic E-state index is 0.231. The Morgan fingerprint density at radius 1 is 1.67 bits per heavy atom. The molecular weight excluding hydrogens is 219 g/mol. The molecule has 1 rings (SSSR count). The molecule has 0 fully saturated rings. The van der Waals surface area contributed by atoms with E-state index in [2.05, 4.69) is 4.98 Å². The zero-order chi connectivity index (χ0) is 9.14. The summed E-state index contributed by atoms with van der Waals surface area (Å²) in [5.74, 6) is 0. The van der Waals surface area contributed by atoms with Crippen LogP contribution in [0.15, 0.2) is 5.54 Å². The number of carbonyl (C=O) groups excluding carboxylic acids is 1. The third-order valence-corrected chi connectivity index (χ3v) is 2.44. The molecule has 0 atom stereocenters. The van der Waals surface area contributed by atoms with Crippen molar-refractivity contribution in [3.05, 3.63) is 15.6 Å². The van der Waals surface area contributed by atoms with Crippen LogP contribution >= 0.6 is 34.5 Å². The molecule has 64 valence electrons. The Morgan fingerprint density at radius 2 is 2.33 bits per heavy atom. The molecule has 0 aliphatic carbocycles. The van der Waals surface area contributed by atoms with Gasteiger partial charge in [-0.1, -0.05) is 34.5 Å². The Bertz CT molecular complexity index is 334. The molecule has 0 bridgehead atoms. The van der Waals surface area contributed by atoms with Crippen LogP contribution in [0.5, 0.6) is 0 Å². The van der Waals surface area contributed by atoms with Gasteiger partial charge < -0.3 is 5.73 Å². The van der Waals surface area contributed by atoms with Crippen LogP contribution in [0.2, 0.25) is 4.34 Å². The Kier molecular flexibility index (Phi) is 3.08. The predicted molar refractivity (Wildman–Crippen MR) is 51.4 cm³/mol. The zero-order valence-corrected chi connectivity index (χ0v) is 8.08. The van der Waals surface area contributed by atoms with Crippen LogP contribution in [0.1, 0.15) is 5.69 Å². The third kappa shape index (κ3) is 1.77. The maximum Gasteiger partial charge on any atom is 0.182 e. The number of aldehydes is 1. The molecule has 0 saturated heterocycles. The van der Waals surface area contributed by atoms with Gasteiger partial charge in [0.15, 0.2) is 11.4 Å². The molecule has 1 aromatic rings. The molecule has 6 heteroatoms. The van der Waals surface area contributed by atoms with Crippen molar-refractivity contribution in [2.24, 2.45) is 0 Å². The van der Waals surface area contributed by atoms with E-state index in [9.17, 15) is 4.79 Å². The van der Waals surface area contributed by atoms with Gasteiger partial charge in [-0.05, 0) is 0 Å². The maximum absolute atomic E-state index is 10.4. The number of aromatic nitrogens is 1. The summed E-state index contributed by atoms with van der Waals surface area (Å²) >= 11 is 12.2. The monoisotopic (exact) mass is 222 g/mol. The number of allylic oxidation sites excluding steroid dienone is 1. The summed E-state index contributed by atoms with van der Waals surface area (Å²) in [7, 11) is 0. The fraction of sp³-hybridized carbons (Fsp3) is 0. The SMILES string of the molecule is Nc1nc(/C(C=O)=C/Cl)c(Cl)s1. The molecule has 12 heavy (non-hydrogen) atoms. The van der Waals surface area contributed by atoms with Crippen LogP contribution in [0.3, 0.4) is 0 Å². The lowest BCUT2D eigenvalue weighted by molar-refractivity contribution is -0.103. The van der Waals surface area contributed by atoms with Gasteiger partial charge in [-0.25, -0.2) is 4.98 Å². The lowest BCUT2D eigenvalue weighted by Gasteiger charge is -1.90. The van der Waals surface area contributed by atoms with Gasteiger partial charge in [0.25, 0.3) is 0 Å². The third-order valence-electron chi connectivity index (χ3n) is 1.12. The second kappa shape index (κ2) is 3.89. The van der Waals surface area contributed by atoms with Gasteiger partial charge in [-0.3, -0.25) is 4.79 Å². The van der Waals surface area contributed by atoms with Crippen molar-refractivity contribution in [3.8, 4) is 0 Å². The van der Waals surface area contributed by atoms with Gasteiger partial charge >= 0.3 is 0 Å². The summed E-state index contributed by atoms with van der Waals surface area (Å²) in [5.41, 5.74) is 7.05. The van der Waals surface area contributed by atoms with Crippen LogP contribution in [-0.4, -0.2) is 11.3 Å². The van der Waals surface area contributed by atoms with Gasteiger partial charge in [0.05, 0.1) is 5.57 Å². The number of nitrogens with two attached hydrogens (primary N) is 1. The molecule has 0 unspecified atom stereocenters. The number of nitrogen functional groups attached to an aromatic ring is 1. The fourth-order valence-corrected chi connectivity index (χ4v) is 1.75. The van der Waals surface area contributed by atoms with Gasteiger partial charge in [0.1, 0.15) is 10.0 Å². The van der Waals surface area contributed by atoms with Gasteiger partial charge in [-0.2, -0.15) is 0 Å². The number of hydrogen-bond acceptors (Lipinski definition) is 4. The first-order chi connectivity index (χ1) is 5.69. The Labute approximate surface area is 82.8 Å². The van der Waals surface area contributed by atoms with Crippen LogP contribution in [0.4, 0.5) is 5.13 Å². The molecule has 3 nitrogen and oxygen atoms in total. The number of carbonyl (C=O) groups is 1. The van der Waals surface area contributed by atoms with E-state index in [1.165, 1.54) is 0 Å². The number of rotatable bonds is 2. The number of nitrogens with zero attached hydrogens (tertiary/aromatic N) is 1. The predicted octanol–water partition coefficient (Wildman–Crippen LogP) is 2.16. The molecule has 1 heterocycles. The zero-order valence-electron chi connectivity index (χ0n) is 5.75. The molecule has 0 radical (unpaired) electrons. The van der Waals surface area contributed by atoms with E-state index in [1.54, 1.807) is 0 Å². The topological polar surface area (TPSA) is 56.0 Å². The minimum absolute atomic E-state index is 0.231. The summed E-state index contributed by atoms with van der Waals surface area (Å²) < 4.78 is 0.367. The molecule has 0 aliphatic heterocycles. The van der Waals surface area contributed by atoms with Crippen molar-refractivity contribution in [3.63, 3.8) is 0 Å². The van der Waals surface area contributed by atoms with Gasteiger partial charge in [0.2, 0.25) is 0 Å². The standard InChI is InChI=1S/C6H4Cl2N2OS/c7-1-3(2-11)4-5(8)12-6(9)10-4/h1-2H,(H2,9,10)/b3-1+. The first-order valence-corrected chi connectivity index (χ1v) is 4.50. The number of anilines is 1. The quantitative estimate of drug-likeness (QED) is 0.617.